The normalized spacial score (nSPS) is 37.0. The molecule has 6 rings (SSSR count). The second kappa shape index (κ2) is 13.9. The van der Waals surface area contributed by atoms with Gasteiger partial charge in [-0.25, -0.2) is 0 Å². The number of esters is 1. The minimum Gasteiger partial charge on any atom is -0.481 e. The van der Waals surface area contributed by atoms with Crippen molar-refractivity contribution in [1.29, 1.82) is 0 Å². The Kier molecular flexibility index (Phi) is 10.5. The first-order chi connectivity index (χ1) is 24.6. The zero-order valence-corrected chi connectivity index (χ0v) is 34.5. The van der Waals surface area contributed by atoms with Gasteiger partial charge in [-0.1, -0.05) is 97.7 Å². The van der Waals surface area contributed by atoms with Gasteiger partial charge < -0.3 is 20.3 Å². The smallest absolute Gasteiger partial charge is 0.306 e. The molecule has 5 aliphatic rings. The fourth-order valence-corrected chi connectivity index (χ4v) is 13.6. The Morgan fingerprint density at radius 3 is 2.23 bits per heavy atom. The summed E-state index contributed by atoms with van der Waals surface area (Å²) < 4.78 is 6.27. The highest BCUT2D eigenvalue weighted by Crippen LogP contribution is 2.77. The van der Waals surface area contributed by atoms with Gasteiger partial charge in [-0.15, -0.1) is 0 Å². The number of rotatable bonds is 11. The first kappa shape index (κ1) is 40.2. The van der Waals surface area contributed by atoms with Crippen LogP contribution in [-0.2, 0) is 25.7 Å². The molecule has 4 saturated carbocycles. The maximum atomic E-state index is 14.1. The van der Waals surface area contributed by atoms with Crippen LogP contribution in [0, 0.1) is 63.1 Å². The lowest BCUT2D eigenvalue weighted by Crippen LogP contribution is -2.66. The van der Waals surface area contributed by atoms with Gasteiger partial charge in [0, 0.05) is 30.3 Å². The number of hydrogen-bond donors (Lipinski definition) is 3. The number of carboxylic acids is 1. The number of benzene rings is 1. The van der Waals surface area contributed by atoms with Crippen LogP contribution in [0.15, 0.2) is 35.4 Å². The van der Waals surface area contributed by atoms with Crippen LogP contribution >= 0.6 is 0 Å². The number of ketones is 1. The zero-order chi connectivity index (χ0) is 38.9. The summed E-state index contributed by atoms with van der Waals surface area (Å²) in [6.45, 7) is 23.5. The highest BCUT2D eigenvalue weighted by atomic mass is 16.5. The average Bonchev–Trinajstić information content (AvgIpc) is 3.36. The van der Waals surface area contributed by atoms with Crippen LogP contribution in [0.25, 0.3) is 0 Å². The van der Waals surface area contributed by atoms with E-state index < -0.39 is 22.9 Å². The SMILES string of the molecule is Cc1ccc(CNC[C@@H](O)[C@@]23CC[C@]4(C)[C@H](CC[C@@H]5[C@@]6(C)CC[C@H](OC(=O)CC(C)(C)CC(=O)O)C(C)(C)[C@@H]6CC[C@]54C)C2=C(C(C)C)C(=O)C3)cc1. The number of aliphatic hydroxyl groups excluding tert-OH is 1. The zero-order valence-electron chi connectivity index (χ0n) is 34.5. The largest absolute Gasteiger partial charge is 0.481 e. The molecule has 0 bridgehead atoms. The van der Waals surface area contributed by atoms with E-state index in [1.807, 2.05) is 13.8 Å². The van der Waals surface area contributed by atoms with Gasteiger partial charge in [-0.2, -0.15) is 0 Å². The van der Waals surface area contributed by atoms with Crippen LogP contribution in [0.1, 0.15) is 144 Å². The van der Waals surface area contributed by atoms with Crippen molar-refractivity contribution in [3.8, 4) is 0 Å². The first-order valence-corrected chi connectivity index (χ1v) is 20.7. The summed E-state index contributed by atoms with van der Waals surface area (Å²) in [5.74, 6) is 0.371. The number of aliphatic carboxylic acids is 1. The molecule has 4 fully saturated rings. The molecule has 294 valence electrons. The summed E-state index contributed by atoms with van der Waals surface area (Å²) in [7, 11) is 0. The van der Waals surface area contributed by atoms with Crippen molar-refractivity contribution in [2.24, 2.45) is 56.2 Å². The lowest BCUT2D eigenvalue weighted by atomic mass is 9.33. The Labute approximate surface area is 319 Å². The number of allylic oxidation sites excluding steroid dienone is 1. The molecule has 5 aliphatic carbocycles. The molecular weight excluding hydrogens is 663 g/mol. The van der Waals surface area contributed by atoms with Crippen molar-refractivity contribution in [2.45, 2.75) is 159 Å². The third kappa shape index (κ3) is 6.66. The van der Waals surface area contributed by atoms with Crippen LogP contribution in [0.2, 0.25) is 0 Å². The Morgan fingerprint density at radius 2 is 1.58 bits per heavy atom. The number of carboxylic acid groups (broad SMARTS) is 1. The highest BCUT2D eigenvalue weighted by molar-refractivity contribution is 6.00. The van der Waals surface area contributed by atoms with Crippen molar-refractivity contribution in [2.75, 3.05) is 6.54 Å². The molecule has 0 aromatic heterocycles. The van der Waals surface area contributed by atoms with E-state index >= 15 is 0 Å². The Hall–Kier alpha value is -2.51. The molecule has 0 saturated heterocycles. The second-order valence-corrected chi connectivity index (χ2v) is 20.7. The van der Waals surface area contributed by atoms with Gasteiger partial charge in [0.1, 0.15) is 6.10 Å². The van der Waals surface area contributed by atoms with Gasteiger partial charge >= 0.3 is 11.9 Å². The maximum Gasteiger partial charge on any atom is 0.306 e. The number of nitrogens with one attached hydrogen (secondary N) is 1. The van der Waals surface area contributed by atoms with Crippen molar-refractivity contribution in [3.05, 3.63) is 46.5 Å². The first-order valence-electron chi connectivity index (χ1n) is 20.7. The van der Waals surface area contributed by atoms with E-state index in [-0.39, 0.29) is 64.2 Å². The van der Waals surface area contributed by atoms with Crippen LogP contribution in [-0.4, -0.2) is 46.7 Å². The van der Waals surface area contributed by atoms with Gasteiger partial charge in [0.15, 0.2) is 5.78 Å². The van der Waals surface area contributed by atoms with Crippen molar-refractivity contribution in [1.82, 2.24) is 5.32 Å². The second-order valence-electron chi connectivity index (χ2n) is 20.7. The molecule has 7 heteroatoms. The van der Waals surface area contributed by atoms with Crippen molar-refractivity contribution >= 4 is 17.7 Å². The summed E-state index contributed by atoms with van der Waals surface area (Å²) in [4.78, 5) is 38.7. The molecule has 7 nitrogen and oxygen atoms in total. The summed E-state index contributed by atoms with van der Waals surface area (Å²) in [6.07, 6.45) is 7.65. The fraction of sp³-hybridized carbons (Fsp3) is 0.761. The van der Waals surface area contributed by atoms with E-state index in [1.54, 1.807) is 0 Å². The van der Waals surface area contributed by atoms with E-state index in [9.17, 15) is 24.6 Å². The predicted octanol–water partition coefficient (Wildman–Crippen LogP) is 9.23. The number of aliphatic hydroxyl groups is 1. The summed E-state index contributed by atoms with van der Waals surface area (Å²) >= 11 is 0. The van der Waals surface area contributed by atoms with Crippen molar-refractivity contribution < 1.29 is 29.3 Å². The van der Waals surface area contributed by atoms with E-state index in [1.165, 1.54) is 16.7 Å². The Bertz CT molecular complexity index is 1620. The number of carbonyl (C=O) groups is 3. The van der Waals surface area contributed by atoms with Crippen LogP contribution in [0.4, 0.5) is 0 Å². The molecule has 9 atom stereocenters. The highest BCUT2D eigenvalue weighted by Gasteiger charge is 2.70. The van der Waals surface area contributed by atoms with E-state index in [0.717, 1.165) is 56.9 Å². The van der Waals surface area contributed by atoms with Crippen molar-refractivity contribution in [3.63, 3.8) is 0 Å². The van der Waals surface area contributed by atoms with Gasteiger partial charge in [0.25, 0.3) is 0 Å². The summed E-state index contributed by atoms with van der Waals surface area (Å²) in [5.41, 5.74) is 3.55. The molecular formula is C46H69NO6. The summed E-state index contributed by atoms with van der Waals surface area (Å²) in [5, 5.41) is 25.1. The molecule has 0 spiro atoms. The standard InChI is InChI=1S/C46H69NO6/c1-28(2)39-32(48)23-46(35(49)27-47-26-30-13-11-29(3)12-14-30)22-21-44(9)31(40(39)46)15-16-34-43(8)19-18-36(42(6,7)33(43)17-20-45(34,44)10)53-38(52)25-41(4,5)24-37(50)51/h11-14,28,31,33-36,47,49H,15-27H2,1-10H3,(H,50,51)/t31-,33+,34-,35-,36+,43+,44-,45-,46+/m1/s1. The quantitative estimate of drug-likeness (QED) is 0.195. The minimum atomic E-state index is -0.896. The van der Waals surface area contributed by atoms with Gasteiger partial charge in [-0.3, -0.25) is 14.4 Å². The number of ether oxygens (including phenoxy) is 1. The number of carbonyl (C=O) groups excluding carboxylic acids is 2. The number of Topliss-reactive ketones (excluding diaryl/α,β-unsaturated/α-hetero) is 1. The molecule has 0 radical (unpaired) electrons. The molecule has 0 heterocycles. The van der Waals surface area contributed by atoms with E-state index in [0.29, 0.717) is 31.3 Å². The lowest BCUT2D eigenvalue weighted by Gasteiger charge is -2.72. The number of aryl methyl sites for hydroxylation is 1. The molecule has 0 amide bonds. The Morgan fingerprint density at radius 1 is 0.906 bits per heavy atom. The monoisotopic (exact) mass is 732 g/mol. The minimum absolute atomic E-state index is 0.00567. The molecule has 0 aliphatic heterocycles. The maximum absolute atomic E-state index is 14.1. The average molecular weight is 732 g/mol. The predicted molar refractivity (Wildman–Crippen MR) is 209 cm³/mol. The topological polar surface area (TPSA) is 113 Å². The van der Waals surface area contributed by atoms with Gasteiger partial charge in [-0.05, 0) is 115 Å². The molecule has 0 unspecified atom stereocenters. The van der Waals surface area contributed by atoms with Gasteiger partial charge in [0.2, 0.25) is 0 Å². The third-order valence-corrected chi connectivity index (χ3v) is 16.4. The van der Waals surface area contributed by atoms with Crippen LogP contribution in [0.3, 0.4) is 0 Å². The Balaban J connectivity index is 1.24. The summed E-state index contributed by atoms with van der Waals surface area (Å²) in [6, 6.07) is 8.53. The lowest BCUT2D eigenvalue weighted by molar-refractivity contribution is -0.235. The van der Waals surface area contributed by atoms with E-state index in [4.69, 9.17) is 4.74 Å². The third-order valence-electron chi connectivity index (χ3n) is 16.4. The van der Waals surface area contributed by atoms with Crippen LogP contribution in [0.5, 0.6) is 0 Å². The van der Waals surface area contributed by atoms with Gasteiger partial charge in [0.05, 0.1) is 18.9 Å². The van der Waals surface area contributed by atoms with Crippen LogP contribution < -0.4 is 5.32 Å². The molecule has 1 aromatic rings. The number of hydrogen-bond acceptors (Lipinski definition) is 6. The molecule has 1 aromatic carbocycles. The van der Waals surface area contributed by atoms with E-state index in [2.05, 4.69) is 85.0 Å². The fourth-order valence-electron chi connectivity index (χ4n) is 13.6. The number of fused-ring (bicyclic) bond motifs is 7. The molecule has 3 N–H and O–H groups in total. The molecule has 53 heavy (non-hydrogen) atoms.